The predicted molar refractivity (Wildman–Crippen MR) is 55.8 cm³/mol. The van der Waals surface area contributed by atoms with Crippen molar-refractivity contribution in [3.63, 3.8) is 0 Å². The molecule has 1 fully saturated rings. The molecule has 2 nitrogen and oxygen atoms in total. The van der Waals surface area contributed by atoms with Gasteiger partial charge in [-0.1, -0.05) is 12.2 Å². The van der Waals surface area contributed by atoms with Crippen molar-refractivity contribution in [1.82, 2.24) is 5.32 Å². The van der Waals surface area contributed by atoms with Gasteiger partial charge in [0.2, 0.25) is 0 Å². The maximum absolute atomic E-state index is 5.38. The molecule has 1 N–H and O–H groups in total. The quantitative estimate of drug-likeness (QED) is 0.481. The molecule has 0 aliphatic heterocycles. The van der Waals surface area contributed by atoms with E-state index in [0.29, 0.717) is 12.6 Å². The third-order valence-corrected chi connectivity index (χ3v) is 2.39. The third-order valence-electron chi connectivity index (χ3n) is 2.39. The van der Waals surface area contributed by atoms with Gasteiger partial charge < -0.3 is 10.1 Å². The van der Waals surface area contributed by atoms with Gasteiger partial charge in [0.15, 0.2) is 0 Å². The lowest BCUT2D eigenvalue weighted by Gasteiger charge is -2.12. The minimum atomic E-state index is 0.674. The number of nitrogens with one attached hydrogen (secondary N) is 1. The summed E-state index contributed by atoms with van der Waals surface area (Å²) in [4.78, 5) is 0. The van der Waals surface area contributed by atoms with Crippen LogP contribution in [0.4, 0.5) is 0 Å². The van der Waals surface area contributed by atoms with Crippen molar-refractivity contribution < 1.29 is 4.74 Å². The van der Waals surface area contributed by atoms with Crippen molar-refractivity contribution in [2.75, 3.05) is 19.8 Å². The monoisotopic (exact) mass is 183 g/mol. The molecule has 1 unspecified atom stereocenters. The van der Waals surface area contributed by atoms with E-state index in [1.165, 1.54) is 12.8 Å². The Morgan fingerprint density at radius 2 is 2.31 bits per heavy atom. The Labute approximate surface area is 81.4 Å². The maximum Gasteiger partial charge on any atom is 0.0672 e. The molecular weight excluding hydrogens is 162 g/mol. The lowest BCUT2D eigenvalue weighted by molar-refractivity contribution is 0.155. The molecule has 1 rings (SSSR count). The Bertz CT molecular complexity index is 163. The lowest BCUT2D eigenvalue weighted by atomic mass is 10.2. The van der Waals surface area contributed by atoms with Crippen molar-refractivity contribution in [1.29, 1.82) is 0 Å². The third kappa shape index (κ3) is 5.06. The first-order valence-electron chi connectivity index (χ1n) is 5.15. The van der Waals surface area contributed by atoms with Crippen LogP contribution in [0.2, 0.25) is 0 Å². The van der Waals surface area contributed by atoms with E-state index in [1.807, 2.05) is 6.92 Å². The fourth-order valence-corrected chi connectivity index (χ4v) is 1.37. The normalized spacial score (nSPS) is 18.6. The standard InChI is InChI=1S/C11H21NO/c1-9(2)8-13-7-6-12-10(3)11-4-5-11/h10-12H,1,4-8H2,2-3H3. The molecule has 0 amide bonds. The van der Waals surface area contributed by atoms with E-state index >= 15 is 0 Å². The van der Waals surface area contributed by atoms with Crippen LogP contribution in [0.1, 0.15) is 26.7 Å². The largest absolute Gasteiger partial charge is 0.376 e. The molecule has 0 aromatic heterocycles. The van der Waals surface area contributed by atoms with E-state index in [2.05, 4.69) is 18.8 Å². The zero-order valence-electron chi connectivity index (χ0n) is 8.81. The summed E-state index contributed by atoms with van der Waals surface area (Å²) < 4.78 is 5.38. The van der Waals surface area contributed by atoms with Gasteiger partial charge in [-0.3, -0.25) is 0 Å². The highest BCUT2D eigenvalue weighted by atomic mass is 16.5. The van der Waals surface area contributed by atoms with Crippen LogP contribution in [0, 0.1) is 5.92 Å². The maximum atomic E-state index is 5.38. The van der Waals surface area contributed by atoms with Crippen molar-refractivity contribution >= 4 is 0 Å². The first-order valence-corrected chi connectivity index (χ1v) is 5.15. The Balaban J connectivity index is 1.85. The van der Waals surface area contributed by atoms with Crippen LogP contribution in [0.3, 0.4) is 0 Å². The minimum Gasteiger partial charge on any atom is -0.376 e. The number of rotatable bonds is 7. The first kappa shape index (κ1) is 10.7. The highest BCUT2D eigenvalue weighted by molar-refractivity contribution is 4.87. The molecule has 0 aromatic rings. The summed E-state index contributed by atoms with van der Waals surface area (Å²) in [6.45, 7) is 10.5. The van der Waals surface area contributed by atoms with Gasteiger partial charge in [-0.05, 0) is 32.6 Å². The highest BCUT2D eigenvalue weighted by Gasteiger charge is 2.26. The summed E-state index contributed by atoms with van der Waals surface area (Å²) >= 11 is 0. The number of ether oxygens (including phenoxy) is 1. The van der Waals surface area contributed by atoms with Gasteiger partial charge in [-0.2, -0.15) is 0 Å². The van der Waals surface area contributed by atoms with E-state index in [0.717, 1.165) is 24.6 Å². The molecule has 1 saturated carbocycles. The summed E-state index contributed by atoms with van der Waals surface area (Å²) in [5.74, 6) is 0.932. The average molecular weight is 183 g/mol. The van der Waals surface area contributed by atoms with Crippen LogP contribution in [0.5, 0.6) is 0 Å². The number of hydrogen-bond acceptors (Lipinski definition) is 2. The zero-order chi connectivity index (χ0) is 9.68. The summed E-state index contributed by atoms with van der Waals surface area (Å²) in [5, 5.41) is 3.46. The lowest BCUT2D eigenvalue weighted by Crippen LogP contribution is -2.31. The van der Waals surface area contributed by atoms with Crippen molar-refractivity contribution in [3.8, 4) is 0 Å². The Hall–Kier alpha value is -0.340. The van der Waals surface area contributed by atoms with E-state index in [9.17, 15) is 0 Å². The molecule has 13 heavy (non-hydrogen) atoms. The van der Waals surface area contributed by atoms with Gasteiger partial charge in [-0.25, -0.2) is 0 Å². The molecule has 0 radical (unpaired) electrons. The van der Waals surface area contributed by atoms with Crippen LogP contribution < -0.4 is 5.32 Å². The van der Waals surface area contributed by atoms with Crippen LogP contribution >= 0.6 is 0 Å². The molecule has 0 spiro atoms. The fraction of sp³-hybridized carbons (Fsp3) is 0.818. The predicted octanol–water partition coefficient (Wildman–Crippen LogP) is 1.97. The fourth-order valence-electron chi connectivity index (χ4n) is 1.37. The Kier molecular flexibility index (Phi) is 4.46. The molecule has 1 atom stereocenters. The summed E-state index contributed by atoms with van der Waals surface area (Å²) in [5.41, 5.74) is 1.09. The molecule has 0 bridgehead atoms. The van der Waals surface area contributed by atoms with Gasteiger partial charge in [-0.15, -0.1) is 0 Å². The smallest absolute Gasteiger partial charge is 0.0672 e. The van der Waals surface area contributed by atoms with Gasteiger partial charge >= 0.3 is 0 Å². The van der Waals surface area contributed by atoms with Crippen LogP contribution in [0.25, 0.3) is 0 Å². The Morgan fingerprint density at radius 3 is 2.85 bits per heavy atom. The van der Waals surface area contributed by atoms with Crippen molar-refractivity contribution in [2.45, 2.75) is 32.7 Å². The van der Waals surface area contributed by atoms with Gasteiger partial charge in [0.05, 0.1) is 13.2 Å². The minimum absolute atomic E-state index is 0.674. The van der Waals surface area contributed by atoms with Gasteiger partial charge in [0.1, 0.15) is 0 Å². The summed E-state index contributed by atoms with van der Waals surface area (Å²) in [6.07, 6.45) is 2.81. The molecule has 1 aliphatic carbocycles. The zero-order valence-corrected chi connectivity index (χ0v) is 8.81. The second-order valence-corrected chi connectivity index (χ2v) is 4.09. The number of hydrogen-bond donors (Lipinski definition) is 1. The summed E-state index contributed by atoms with van der Waals surface area (Å²) in [7, 11) is 0. The Morgan fingerprint density at radius 1 is 1.62 bits per heavy atom. The second kappa shape index (κ2) is 5.40. The molecular formula is C11H21NO. The van der Waals surface area contributed by atoms with Crippen molar-refractivity contribution in [3.05, 3.63) is 12.2 Å². The van der Waals surface area contributed by atoms with E-state index in [1.54, 1.807) is 0 Å². The van der Waals surface area contributed by atoms with E-state index in [-0.39, 0.29) is 0 Å². The van der Waals surface area contributed by atoms with Crippen LogP contribution in [-0.2, 0) is 4.74 Å². The van der Waals surface area contributed by atoms with Crippen LogP contribution in [-0.4, -0.2) is 25.8 Å². The average Bonchev–Trinajstić information content (AvgIpc) is 2.85. The second-order valence-electron chi connectivity index (χ2n) is 4.09. The van der Waals surface area contributed by atoms with Gasteiger partial charge in [0.25, 0.3) is 0 Å². The molecule has 0 aromatic carbocycles. The summed E-state index contributed by atoms with van der Waals surface area (Å²) in [6, 6.07) is 0.674. The topological polar surface area (TPSA) is 21.3 Å². The molecule has 0 heterocycles. The van der Waals surface area contributed by atoms with Crippen LogP contribution in [0.15, 0.2) is 12.2 Å². The molecule has 1 aliphatic rings. The van der Waals surface area contributed by atoms with Gasteiger partial charge in [0, 0.05) is 12.6 Å². The molecule has 2 heteroatoms. The molecule has 76 valence electrons. The van der Waals surface area contributed by atoms with Crippen molar-refractivity contribution in [2.24, 2.45) is 5.92 Å². The highest BCUT2D eigenvalue weighted by Crippen LogP contribution is 2.32. The molecule has 0 saturated heterocycles. The van der Waals surface area contributed by atoms with E-state index in [4.69, 9.17) is 4.74 Å². The first-order chi connectivity index (χ1) is 6.20. The van der Waals surface area contributed by atoms with E-state index < -0.39 is 0 Å². The SMILES string of the molecule is C=C(C)COCCNC(C)C1CC1.